The van der Waals surface area contributed by atoms with Crippen LogP contribution in [0.2, 0.25) is 0 Å². The first-order valence-electron chi connectivity index (χ1n) is 10.9. The molecule has 3 rings (SSSR count). The van der Waals surface area contributed by atoms with Crippen molar-refractivity contribution in [2.75, 3.05) is 45.8 Å². The zero-order chi connectivity index (χ0) is 19.6. The maximum atomic E-state index is 12.2. The van der Waals surface area contributed by atoms with Crippen molar-refractivity contribution in [1.82, 2.24) is 20.4 Å². The van der Waals surface area contributed by atoms with Crippen LogP contribution in [0.5, 0.6) is 0 Å². The molecule has 1 aromatic rings. The largest absolute Gasteiger partial charge is 0.357 e. The van der Waals surface area contributed by atoms with Crippen LogP contribution in [0.3, 0.4) is 0 Å². The highest BCUT2D eigenvalue weighted by molar-refractivity contribution is 5.81. The number of guanidine groups is 1. The molecular formula is C22H35N5O. The van der Waals surface area contributed by atoms with Crippen LogP contribution in [-0.4, -0.2) is 67.5 Å². The van der Waals surface area contributed by atoms with E-state index in [9.17, 15) is 4.79 Å². The highest BCUT2D eigenvalue weighted by Crippen LogP contribution is 2.25. The third-order valence-corrected chi connectivity index (χ3v) is 5.62. The summed E-state index contributed by atoms with van der Waals surface area (Å²) in [5.74, 6) is 1.05. The summed E-state index contributed by atoms with van der Waals surface area (Å²) < 4.78 is 0. The Balaban J connectivity index is 1.56. The molecule has 0 saturated carbocycles. The molecular weight excluding hydrogens is 350 g/mol. The molecule has 0 aromatic heterocycles. The summed E-state index contributed by atoms with van der Waals surface area (Å²) >= 11 is 0. The fourth-order valence-electron chi connectivity index (χ4n) is 4.09. The van der Waals surface area contributed by atoms with E-state index in [-0.39, 0.29) is 5.91 Å². The summed E-state index contributed by atoms with van der Waals surface area (Å²) in [5.41, 5.74) is 1.33. The monoisotopic (exact) mass is 385 g/mol. The van der Waals surface area contributed by atoms with Gasteiger partial charge in [-0.3, -0.25) is 14.7 Å². The number of hydrogen-bond donors (Lipinski definition) is 2. The molecule has 2 N–H and O–H groups in total. The lowest BCUT2D eigenvalue weighted by molar-refractivity contribution is -0.129. The van der Waals surface area contributed by atoms with Crippen LogP contribution >= 0.6 is 0 Å². The molecule has 1 aromatic carbocycles. The normalized spacial score (nSPS) is 19.0. The minimum absolute atomic E-state index is 0.250. The van der Waals surface area contributed by atoms with Crippen LogP contribution < -0.4 is 10.6 Å². The second kappa shape index (κ2) is 11.1. The van der Waals surface area contributed by atoms with Gasteiger partial charge in [0.2, 0.25) is 5.91 Å². The van der Waals surface area contributed by atoms with E-state index in [2.05, 4.69) is 52.8 Å². The molecule has 2 aliphatic heterocycles. The molecule has 1 amide bonds. The molecule has 154 valence electrons. The van der Waals surface area contributed by atoms with Crippen LogP contribution in [0.1, 0.15) is 50.6 Å². The molecule has 0 bridgehead atoms. The molecule has 0 spiro atoms. The standard InChI is InChI=1S/C22H35N5O/c1-2-23-22(24-13-12-21(28)27-16-8-9-17-27)25-18-20(26-14-6-7-15-26)19-10-4-3-5-11-19/h3-5,10-11,20H,2,6-9,12-18H2,1H3,(H2,23,24,25). The Kier molecular flexibility index (Phi) is 8.15. The minimum Gasteiger partial charge on any atom is -0.357 e. The molecule has 2 aliphatic rings. The van der Waals surface area contributed by atoms with Crippen molar-refractivity contribution in [2.24, 2.45) is 4.99 Å². The SMILES string of the molecule is CCNC(=NCC(c1ccccc1)N1CCCC1)NCCC(=O)N1CCCC1. The zero-order valence-corrected chi connectivity index (χ0v) is 17.2. The van der Waals surface area contributed by atoms with Gasteiger partial charge in [0.25, 0.3) is 0 Å². The number of aliphatic imine (C=N–C) groups is 1. The number of likely N-dealkylation sites (tertiary alicyclic amines) is 2. The average Bonchev–Trinajstić information content (AvgIpc) is 3.43. The number of carbonyl (C=O) groups is 1. The maximum absolute atomic E-state index is 12.2. The number of nitrogens with zero attached hydrogens (tertiary/aromatic N) is 3. The van der Waals surface area contributed by atoms with E-state index in [0.29, 0.717) is 19.0 Å². The van der Waals surface area contributed by atoms with Crippen LogP contribution in [0.15, 0.2) is 35.3 Å². The van der Waals surface area contributed by atoms with E-state index >= 15 is 0 Å². The summed E-state index contributed by atoms with van der Waals surface area (Å²) in [7, 11) is 0. The third kappa shape index (κ3) is 5.96. The van der Waals surface area contributed by atoms with Crippen molar-refractivity contribution >= 4 is 11.9 Å². The van der Waals surface area contributed by atoms with E-state index < -0.39 is 0 Å². The lowest BCUT2D eigenvalue weighted by atomic mass is 10.1. The first-order chi connectivity index (χ1) is 13.8. The van der Waals surface area contributed by atoms with Gasteiger partial charge in [-0.2, -0.15) is 0 Å². The Morgan fingerprint density at radius 3 is 2.39 bits per heavy atom. The number of carbonyl (C=O) groups excluding carboxylic acids is 1. The fraction of sp³-hybridized carbons (Fsp3) is 0.636. The van der Waals surface area contributed by atoms with Crippen molar-refractivity contribution in [2.45, 2.75) is 45.1 Å². The summed E-state index contributed by atoms with van der Waals surface area (Å²) in [6.45, 7) is 8.35. The van der Waals surface area contributed by atoms with Gasteiger partial charge in [0.1, 0.15) is 0 Å². The molecule has 1 unspecified atom stereocenters. The molecule has 0 aliphatic carbocycles. The highest BCUT2D eigenvalue weighted by atomic mass is 16.2. The molecule has 2 saturated heterocycles. The molecule has 6 nitrogen and oxygen atoms in total. The maximum Gasteiger partial charge on any atom is 0.224 e. The summed E-state index contributed by atoms with van der Waals surface area (Å²) in [4.78, 5) is 21.6. The van der Waals surface area contributed by atoms with Gasteiger partial charge in [0.05, 0.1) is 12.6 Å². The van der Waals surface area contributed by atoms with Gasteiger partial charge in [-0.1, -0.05) is 30.3 Å². The number of amides is 1. The predicted octanol–water partition coefficient (Wildman–Crippen LogP) is 2.39. The third-order valence-electron chi connectivity index (χ3n) is 5.62. The highest BCUT2D eigenvalue weighted by Gasteiger charge is 2.23. The van der Waals surface area contributed by atoms with Gasteiger partial charge in [-0.25, -0.2) is 0 Å². The van der Waals surface area contributed by atoms with Crippen molar-refractivity contribution in [3.8, 4) is 0 Å². The van der Waals surface area contributed by atoms with E-state index in [4.69, 9.17) is 4.99 Å². The predicted molar refractivity (Wildman–Crippen MR) is 114 cm³/mol. The Bertz CT molecular complexity index is 621. The van der Waals surface area contributed by atoms with Gasteiger partial charge >= 0.3 is 0 Å². The fourth-order valence-corrected chi connectivity index (χ4v) is 4.09. The van der Waals surface area contributed by atoms with E-state index in [1.54, 1.807) is 0 Å². The topological polar surface area (TPSA) is 60.0 Å². The average molecular weight is 386 g/mol. The Labute approximate surface area is 169 Å². The van der Waals surface area contributed by atoms with E-state index in [1.807, 2.05) is 4.90 Å². The van der Waals surface area contributed by atoms with Gasteiger partial charge in [-0.15, -0.1) is 0 Å². The molecule has 6 heteroatoms. The van der Waals surface area contributed by atoms with Crippen molar-refractivity contribution in [1.29, 1.82) is 0 Å². The van der Waals surface area contributed by atoms with Gasteiger partial charge < -0.3 is 15.5 Å². The lowest BCUT2D eigenvalue weighted by Gasteiger charge is -2.27. The quantitative estimate of drug-likeness (QED) is 0.533. The Morgan fingerprint density at radius 2 is 1.71 bits per heavy atom. The lowest BCUT2D eigenvalue weighted by Crippen LogP contribution is -2.40. The van der Waals surface area contributed by atoms with Gasteiger partial charge in [0, 0.05) is 32.6 Å². The second-order valence-corrected chi connectivity index (χ2v) is 7.65. The van der Waals surface area contributed by atoms with Crippen LogP contribution in [0, 0.1) is 0 Å². The van der Waals surface area contributed by atoms with Crippen LogP contribution in [0.25, 0.3) is 0 Å². The first kappa shape index (κ1) is 20.6. The molecule has 28 heavy (non-hydrogen) atoms. The molecule has 1 atom stereocenters. The van der Waals surface area contributed by atoms with Crippen molar-refractivity contribution < 1.29 is 4.79 Å². The second-order valence-electron chi connectivity index (χ2n) is 7.65. The summed E-state index contributed by atoms with van der Waals surface area (Å²) in [6.07, 6.45) is 5.34. The summed E-state index contributed by atoms with van der Waals surface area (Å²) in [5, 5.41) is 6.66. The summed E-state index contributed by atoms with van der Waals surface area (Å²) in [6, 6.07) is 11.0. The number of nitrogens with one attached hydrogen (secondary N) is 2. The molecule has 2 fully saturated rings. The number of hydrogen-bond acceptors (Lipinski definition) is 3. The van der Waals surface area contributed by atoms with E-state index in [1.165, 1.54) is 18.4 Å². The van der Waals surface area contributed by atoms with Gasteiger partial charge in [0.15, 0.2) is 5.96 Å². The Hall–Kier alpha value is -2.08. The smallest absolute Gasteiger partial charge is 0.224 e. The van der Waals surface area contributed by atoms with Crippen LogP contribution in [-0.2, 0) is 4.79 Å². The first-order valence-corrected chi connectivity index (χ1v) is 10.9. The Morgan fingerprint density at radius 1 is 1.04 bits per heavy atom. The minimum atomic E-state index is 0.250. The molecule has 0 radical (unpaired) electrons. The number of rotatable bonds is 8. The van der Waals surface area contributed by atoms with Crippen LogP contribution in [0.4, 0.5) is 0 Å². The molecule has 2 heterocycles. The van der Waals surface area contributed by atoms with E-state index in [0.717, 1.165) is 58.1 Å². The van der Waals surface area contributed by atoms with Crippen molar-refractivity contribution in [3.63, 3.8) is 0 Å². The van der Waals surface area contributed by atoms with Crippen molar-refractivity contribution in [3.05, 3.63) is 35.9 Å². The number of benzene rings is 1. The van der Waals surface area contributed by atoms with Gasteiger partial charge in [-0.05, 0) is 51.3 Å². The zero-order valence-electron chi connectivity index (χ0n) is 17.2.